The van der Waals surface area contributed by atoms with Crippen LogP contribution < -0.4 is 9.46 Å². The molecular formula is C11H10ClN3O3S. The highest BCUT2D eigenvalue weighted by Gasteiger charge is 2.15. The second-order valence-electron chi connectivity index (χ2n) is 3.51. The van der Waals surface area contributed by atoms with E-state index in [9.17, 15) is 8.42 Å². The predicted octanol–water partition coefficient (Wildman–Crippen LogP) is 1.94. The van der Waals surface area contributed by atoms with Crippen molar-refractivity contribution < 1.29 is 13.2 Å². The molecule has 100 valence electrons. The Hall–Kier alpha value is -1.86. The average Bonchev–Trinajstić information content (AvgIpc) is 2.38. The molecule has 1 aromatic carbocycles. The maximum atomic E-state index is 12.1. The zero-order chi connectivity index (χ0) is 13.9. The largest absolute Gasteiger partial charge is 0.497 e. The third kappa shape index (κ3) is 3.33. The number of benzene rings is 1. The zero-order valence-corrected chi connectivity index (χ0v) is 11.4. The number of aromatic nitrogens is 2. The van der Waals surface area contributed by atoms with Crippen molar-refractivity contribution in [3.63, 3.8) is 0 Å². The van der Waals surface area contributed by atoms with Gasteiger partial charge in [0.1, 0.15) is 23.0 Å². The van der Waals surface area contributed by atoms with Gasteiger partial charge in [-0.05, 0) is 12.1 Å². The maximum absolute atomic E-state index is 12.1. The molecule has 2 rings (SSSR count). The van der Waals surface area contributed by atoms with Crippen molar-refractivity contribution in [2.45, 2.75) is 4.90 Å². The van der Waals surface area contributed by atoms with E-state index in [1.807, 2.05) is 0 Å². The highest BCUT2D eigenvalue weighted by atomic mass is 35.5. The quantitative estimate of drug-likeness (QED) is 0.873. The lowest BCUT2D eigenvalue weighted by Gasteiger charge is -2.08. The van der Waals surface area contributed by atoms with Crippen molar-refractivity contribution in [1.29, 1.82) is 0 Å². The molecule has 19 heavy (non-hydrogen) atoms. The van der Waals surface area contributed by atoms with Crippen LogP contribution in [0.1, 0.15) is 0 Å². The summed E-state index contributed by atoms with van der Waals surface area (Å²) in [7, 11) is -2.28. The molecule has 0 atom stereocenters. The molecule has 1 N–H and O–H groups in total. The van der Waals surface area contributed by atoms with Crippen LogP contribution in [0, 0.1) is 0 Å². The van der Waals surface area contributed by atoms with Gasteiger partial charge in [-0.2, -0.15) is 0 Å². The number of ether oxygens (including phenoxy) is 1. The van der Waals surface area contributed by atoms with Crippen LogP contribution in [0.2, 0.25) is 5.15 Å². The smallest absolute Gasteiger partial charge is 0.263 e. The molecule has 2 aromatic rings. The van der Waals surface area contributed by atoms with Gasteiger partial charge in [0, 0.05) is 12.1 Å². The molecule has 0 saturated carbocycles. The summed E-state index contributed by atoms with van der Waals surface area (Å²) >= 11 is 5.66. The van der Waals surface area contributed by atoms with E-state index >= 15 is 0 Å². The normalized spacial score (nSPS) is 11.1. The van der Waals surface area contributed by atoms with Crippen LogP contribution in [0.4, 0.5) is 5.82 Å². The van der Waals surface area contributed by atoms with Crippen LogP contribution >= 0.6 is 11.6 Å². The molecule has 1 heterocycles. The van der Waals surface area contributed by atoms with Crippen LogP contribution in [-0.2, 0) is 10.0 Å². The first kappa shape index (κ1) is 13.6. The Morgan fingerprint density at radius 2 is 2.05 bits per heavy atom. The molecule has 0 spiro atoms. The van der Waals surface area contributed by atoms with Crippen LogP contribution in [0.5, 0.6) is 5.75 Å². The minimum absolute atomic E-state index is 0.0709. The van der Waals surface area contributed by atoms with E-state index in [-0.39, 0.29) is 15.9 Å². The van der Waals surface area contributed by atoms with Crippen molar-refractivity contribution >= 4 is 27.4 Å². The van der Waals surface area contributed by atoms with Gasteiger partial charge < -0.3 is 4.74 Å². The molecule has 1 aromatic heterocycles. The van der Waals surface area contributed by atoms with E-state index < -0.39 is 10.0 Å². The lowest BCUT2D eigenvalue weighted by Crippen LogP contribution is -2.14. The summed E-state index contributed by atoms with van der Waals surface area (Å²) in [5.74, 6) is 0.548. The van der Waals surface area contributed by atoms with E-state index in [1.54, 1.807) is 12.1 Å². The van der Waals surface area contributed by atoms with E-state index in [4.69, 9.17) is 16.3 Å². The summed E-state index contributed by atoms with van der Waals surface area (Å²) < 4.78 is 31.5. The van der Waals surface area contributed by atoms with Crippen molar-refractivity contribution in [2.75, 3.05) is 11.8 Å². The van der Waals surface area contributed by atoms with Gasteiger partial charge in [0.2, 0.25) is 0 Å². The number of nitrogens with zero attached hydrogens (tertiary/aromatic N) is 2. The zero-order valence-electron chi connectivity index (χ0n) is 9.87. The molecule has 8 heteroatoms. The number of methoxy groups -OCH3 is 1. The molecule has 0 saturated heterocycles. The van der Waals surface area contributed by atoms with Crippen LogP contribution in [-0.4, -0.2) is 25.5 Å². The minimum atomic E-state index is -3.74. The monoisotopic (exact) mass is 299 g/mol. The Morgan fingerprint density at radius 1 is 1.26 bits per heavy atom. The number of rotatable bonds is 4. The molecule has 6 nitrogen and oxygen atoms in total. The third-order valence-corrected chi connectivity index (χ3v) is 3.78. The molecule has 0 aliphatic rings. The number of hydrogen-bond acceptors (Lipinski definition) is 5. The fourth-order valence-electron chi connectivity index (χ4n) is 1.35. The lowest BCUT2D eigenvalue weighted by molar-refractivity contribution is 0.413. The molecule has 0 bridgehead atoms. The van der Waals surface area contributed by atoms with Crippen molar-refractivity contribution in [1.82, 2.24) is 9.97 Å². The van der Waals surface area contributed by atoms with E-state index in [1.165, 1.54) is 31.6 Å². The van der Waals surface area contributed by atoms with Crippen molar-refractivity contribution in [2.24, 2.45) is 0 Å². The number of hydrogen-bond donors (Lipinski definition) is 1. The highest BCUT2D eigenvalue weighted by molar-refractivity contribution is 7.92. The first-order chi connectivity index (χ1) is 9.01. The Balaban J connectivity index is 2.32. The van der Waals surface area contributed by atoms with Gasteiger partial charge >= 0.3 is 0 Å². The minimum Gasteiger partial charge on any atom is -0.497 e. The van der Waals surface area contributed by atoms with Gasteiger partial charge in [-0.25, -0.2) is 18.4 Å². The second-order valence-corrected chi connectivity index (χ2v) is 5.58. The Labute approximate surface area is 115 Å². The summed E-state index contributed by atoms with van der Waals surface area (Å²) in [6.45, 7) is 0. The lowest BCUT2D eigenvalue weighted by atomic mass is 10.3. The Kier molecular flexibility index (Phi) is 3.87. The van der Waals surface area contributed by atoms with Gasteiger partial charge in [-0.1, -0.05) is 17.7 Å². The second kappa shape index (κ2) is 5.41. The fraction of sp³-hybridized carbons (Fsp3) is 0.0909. The third-order valence-electron chi connectivity index (χ3n) is 2.22. The maximum Gasteiger partial charge on any atom is 0.263 e. The average molecular weight is 300 g/mol. The Bertz CT molecular complexity index is 691. The summed E-state index contributed by atoms with van der Waals surface area (Å²) in [5.41, 5.74) is 0. The van der Waals surface area contributed by atoms with Gasteiger partial charge in [0.15, 0.2) is 0 Å². The van der Waals surface area contributed by atoms with Gasteiger partial charge in [-0.3, -0.25) is 4.72 Å². The van der Waals surface area contributed by atoms with E-state index in [2.05, 4.69) is 14.7 Å². The predicted molar refractivity (Wildman–Crippen MR) is 70.8 cm³/mol. The molecular weight excluding hydrogens is 290 g/mol. The standard InChI is InChI=1S/C11H10ClN3O3S/c1-18-8-3-2-4-9(5-8)19(16,17)15-11-6-10(12)13-7-14-11/h2-7H,1H3,(H,13,14,15). The molecule has 0 amide bonds. The summed E-state index contributed by atoms with van der Waals surface area (Å²) in [6, 6.07) is 7.42. The number of halogens is 1. The molecule has 0 unspecified atom stereocenters. The fourth-order valence-corrected chi connectivity index (χ4v) is 2.54. The van der Waals surface area contributed by atoms with Crippen molar-refractivity contribution in [3.8, 4) is 5.75 Å². The van der Waals surface area contributed by atoms with Gasteiger partial charge in [0.25, 0.3) is 10.0 Å². The summed E-state index contributed by atoms with van der Waals surface area (Å²) in [6.07, 6.45) is 1.17. The van der Waals surface area contributed by atoms with Gasteiger partial charge in [-0.15, -0.1) is 0 Å². The van der Waals surface area contributed by atoms with E-state index in [0.29, 0.717) is 5.75 Å². The molecule has 0 aliphatic heterocycles. The number of anilines is 1. The molecule has 0 aliphatic carbocycles. The summed E-state index contributed by atoms with van der Waals surface area (Å²) in [5, 5.41) is 0.151. The SMILES string of the molecule is COc1cccc(S(=O)(=O)Nc2cc(Cl)ncn2)c1. The topological polar surface area (TPSA) is 81.2 Å². The van der Waals surface area contributed by atoms with Crippen LogP contribution in [0.25, 0.3) is 0 Å². The van der Waals surface area contributed by atoms with Crippen molar-refractivity contribution in [3.05, 3.63) is 41.8 Å². The van der Waals surface area contributed by atoms with Crippen LogP contribution in [0.15, 0.2) is 41.6 Å². The highest BCUT2D eigenvalue weighted by Crippen LogP contribution is 2.20. The van der Waals surface area contributed by atoms with Crippen LogP contribution in [0.3, 0.4) is 0 Å². The number of nitrogens with one attached hydrogen (secondary N) is 1. The van der Waals surface area contributed by atoms with E-state index in [0.717, 1.165) is 0 Å². The molecule has 0 fully saturated rings. The summed E-state index contributed by atoms with van der Waals surface area (Å²) in [4.78, 5) is 7.52. The first-order valence-electron chi connectivity index (χ1n) is 5.16. The first-order valence-corrected chi connectivity index (χ1v) is 7.02. The number of sulfonamides is 1. The molecule has 0 radical (unpaired) electrons. The Morgan fingerprint density at radius 3 is 2.74 bits per heavy atom. The van der Waals surface area contributed by atoms with Gasteiger partial charge in [0.05, 0.1) is 12.0 Å².